The number of aryl methyl sites for hydroxylation is 1. The molecule has 2 aromatic rings. The van der Waals surface area contributed by atoms with Crippen LogP contribution in [0, 0.1) is 6.92 Å². The van der Waals surface area contributed by atoms with E-state index in [9.17, 15) is 0 Å². The Hall–Kier alpha value is -1.03. The minimum absolute atomic E-state index is 0. The van der Waals surface area contributed by atoms with Crippen molar-refractivity contribution in [3.05, 3.63) is 36.0 Å². The molecule has 1 saturated heterocycles. The molecule has 5 heteroatoms. The summed E-state index contributed by atoms with van der Waals surface area (Å²) in [7, 11) is 0. The molecule has 0 atom stereocenters. The van der Waals surface area contributed by atoms with E-state index in [1.54, 1.807) is 0 Å². The van der Waals surface area contributed by atoms with Gasteiger partial charge >= 0.3 is 0 Å². The molecule has 3 nitrogen and oxygen atoms in total. The lowest BCUT2D eigenvalue weighted by Crippen LogP contribution is -2.50. The lowest BCUT2D eigenvalue weighted by Gasteiger charge is -2.28. The van der Waals surface area contributed by atoms with Crippen molar-refractivity contribution in [3.63, 3.8) is 0 Å². The van der Waals surface area contributed by atoms with Crippen LogP contribution in [0.1, 0.15) is 5.69 Å². The summed E-state index contributed by atoms with van der Waals surface area (Å²) in [5.74, 6) is 0.896. The number of rotatable bonds is 2. The van der Waals surface area contributed by atoms with E-state index in [0.717, 1.165) is 35.4 Å². The van der Waals surface area contributed by atoms with Crippen molar-refractivity contribution in [2.75, 3.05) is 13.1 Å². The Balaban J connectivity index is 0.000000810. The summed E-state index contributed by atoms with van der Waals surface area (Å²) in [6.07, 6.45) is 0.299. The number of fused-ring (bicyclic) bond motifs is 1. The topological polar surface area (TPSA) is 34.1 Å². The van der Waals surface area contributed by atoms with Gasteiger partial charge in [-0.3, -0.25) is 0 Å². The molecule has 1 fully saturated rings. The molecule has 0 aliphatic carbocycles. The number of para-hydroxylation sites is 1. The largest absolute Gasteiger partial charge is 0.485 e. The molecule has 1 aliphatic rings. The number of hydrogen-bond acceptors (Lipinski definition) is 3. The Morgan fingerprint density at radius 1 is 1.17 bits per heavy atom. The standard InChI is InChI=1S/C13H14N2O.2ClH/c1-9-5-6-10-3-2-4-12(13(10)15-9)16-11-7-14-8-11;;/h2-6,11,14H,7-8H2,1H3;2*1H. The van der Waals surface area contributed by atoms with Crippen LogP contribution < -0.4 is 10.1 Å². The Morgan fingerprint density at radius 2 is 1.94 bits per heavy atom. The SMILES string of the molecule is Cc1ccc2cccc(OC3CNC3)c2n1.Cl.Cl. The van der Waals surface area contributed by atoms with Crippen molar-refractivity contribution < 1.29 is 4.74 Å². The van der Waals surface area contributed by atoms with E-state index < -0.39 is 0 Å². The van der Waals surface area contributed by atoms with Gasteiger partial charge in [-0.1, -0.05) is 18.2 Å². The van der Waals surface area contributed by atoms with Crippen molar-refractivity contribution in [1.29, 1.82) is 0 Å². The molecular formula is C13H16Cl2N2O. The van der Waals surface area contributed by atoms with Crippen LogP contribution in [0.4, 0.5) is 0 Å². The summed E-state index contributed by atoms with van der Waals surface area (Å²) in [6, 6.07) is 10.2. The molecule has 0 saturated carbocycles. The molecule has 98 valence electrons. The number of nitrogens with one attached hydrogen (secondary N) is 1. The van der Waals surface area contributed by atoms with E-state index in [4.69, 9.17) is 4.74 Å². The summed E-state index contributed by atoms with van der Waals surface area (Å²) in [5, 5.41) is 4.33. The third kappa shape index (κ3) is 2.86. The van der Waals surface area contributed by atoms with Gasteiger partial charge in [-0.2, -0.15) is 0 Å². The lowest BCUT2D eigenvalue weighted by atomic mass is 10.2. The summed E-state index contributed by atoms with van der Waals surface area (Å²) in [6.45, 7) is 3.87. The molecule has 1 N–H and O–H groups in total. The molecule has 0 unspecified atom stereocenters. The maximum Gasteiger partial charge on any atom is 0.146 e. The van der Waals surface area contributed by atoms with E-state index in [2.05, 4.69) is 22.4 Å². The first-order chi connectivity index (χ1) is 7.83. The van der Waals surface area contributed by atoms with Gasteiger partial charge in [-0.15, -0.1) is 24.8 Å². The predicted molar refractivity (Wildman–Crippen MR) is 78.3 cm³/mol. The van der Waals surface area contributed by atoms with E-state index in [-0.39, 0.29) is 24.8 Å². The van der Waals surface area contributed by atoms with Crippen LogP contribution in [-0.4, -0.2) is 24.2 Å². The summed E-state index contributed by atoms with van der Waals surface area (Å²) in [5.41, 5.74) is 1.99. The molecule has 3 rings (SSSR count). The minimum Gasteiger partial charge on any atom is -0.485 e. The fourth-order valence-corrected chi connectivity index (χ4v) is 1.84. The molecule has 0 bridgehead atoms. The third-order valence-corrected chi connectivity index (χ3v) is 2.86. The Bertz CT molecular complexity index is 529. The normalized spacial score (nSPS) is 14.3. The number of nitrogens with zero attached hydrogens (tertiary/aromatic N) is 1. The lowest BCUT2D eigenvalue weighted by molar-refractivity contribution is 0.144. The highest BCUT2D eigenvalue weighted by Gasteiger charge is 2.19. The first-order valence-corrected chi connectivity index (χ1v) is 5.57. The van der Waals surface area contributed by atoms with Crippen molar-refractivity contribution in [1.82, 2.24) is 10.3 Å². The van der Waals surface area contributed by atoms with E-state index >= 15 is 0 Å². The van der Waals surface area contributed by atoms with Crippen LogP contribution in [0.5, 0.6) is 5.75 Å². The van der Waals surface area contributed by atoms with Crippen molar-refractivity contribution >= 4 is 35.7 Å². The van der Waals surface area contributed by atoms with Gasteiger partial charge in [-0.05, 0) is 19.1 Å². The van der Waals surface area contributed by atoms with E-state index in [1.807, 2.05) is 25.1 Å². The van der Waals surface area contributed by atoms with Gasteiger partial charge in [0.1, 0.15) is 17.4 Å². The molecule has 0 spiro atoms. The highest BCUT2D eigenvalue weighted by molar-refractivity contribution is 5.86. The van der Waals surface area contributed by atoms with E-state index in [0.29, 0.717) is 6.10 Å². The predicted octanol–water partition coefficient (Wildman–Crippen LogP) is 2.74. The van der Waals surface area contributed by atoms with Gasteiger partial charge in [0.2, 0.25) is 0 Å². The van der Waals surface area contributed by atoms with Crippen molar-refractivity contribution in [2.24, 2.45) is 0 Å². The molecular weight excluding hydrogens is 271 g/mol. The quantitative estimate of drug-likeness (QED) is 0.922. The van der Waals surface area contributed by atoms with Gasteiger partial charge in [0.05, 0.1) is 0 Å². The highest BCUT2D eigenvalue weighted by atomic mass is 35.5. The first kappa shape index (κ1) is 15.0. The average molecular weight is 287 g/mol. The maximum absolute atomic E-state index is 5.89. The summed E-state index contributed by atoms with van der Waals surface area (Å²) >= 11 is 0. The molecule has 1 aliphatic heterocycles. The Morgan fingerprint density at radius 3 is 2.61 bits per heavy atom. The van der Waals surface area contributed by atoms with Crippen LogP contribution in [0.2, 0.25) is 0 Å². The number of hydrogen-bond donors (Lipinski definition) is 1. The maximum atomic E-state index is 5.89. The van der Waals surface area contributed by atoms with Gasteiger partial charge in [0.15, 0.2) is 0 Å². The van der Waals surface area contributed by atoms with Crippen molar-refractivity contribution in [3.8, 4) is 5.75 Å². The molecule has 18 heavy (non-hydrogen) atoms. The summed E-state index contributed by atoms with van der Waals surface area (Å²) < 4.78 is 5.89. The number of benzene rings is 1. The zero-order valence-corrected chi connectivity index (χ0v) is 11.7. The number of ether oxygens (including phenoxy) is 1. The van der Waals surface area contributed by atoms with Gasteiger partial charge < -0.3 is 10.1 Å². The molecule has 1 aromatic heterocycles. The molecule has 2 heterocycles. The Labute approximate surface area is 119 Å². The molecule has 0 amide bonds. The number of halogens is 2. The van der Waals surface area contributed by atoms with Gasteiger partial charge in [0, 0.05) is 24.2 Å². The first-order valence-electron chi connectivity index (χ1n) is 5.57. The fraction of sp³-hybridized carbons (Fsp3) is 0.308. The van der Waals surface area contributed by atoms with Crippen LogP contribution >= 0.6 is 24.8 Å². The number of pyridine rings is 1. The monoisotopic (exact) mass is 286 g/mol. The third-order valence-electron chi connectivity index (χ3n) is 2.86. The zero-order chi connectivity index (χ0) is 11.0. The van der Waals surface area contributed by atoms with E-state index in [1.165, 1.54) is 0 Å². The van der Waals surface area contributed by atoms with Crippen LogP contribution in [-0.2, 0) is 0 Å². The van der Waals surface area contributed by atoms with Gasteiger partial charge in [0.25, 0.3) is 0 Å². The Kier molecular flexibility index (Phi) is 5.20. The molecule has 1 aromatic carbocycles. The fourth-order valence-electron chi connectivity index (χ4n) is 1.84. The average Bonchev–Trinajstić information content (AvgIpc) is 2.23. The molecule has 0 radical (unpaired) electrons. The van der Waals surface area contributed by atoms with Gasteiger partial charge in [-0.25, -0.2) is 4.98 Å². The highest BCUT2D eigenvalue weighted by Crippen LogP contribution is 2.25. The van der Waals surface area contributed by atoms with Crippen LogP contribution in [0.3, 0.4) is 0 Å². The second-order valence-corrected chi connectivity index (χ2v) is 4.18. The van der Waals surface area contributed by atoms with Crippen LogP contribution in [0.25, 0.3) is 10.9 Å². The van der Waals surface area contributed by atoms with Crippen molar-refractivity contribution in [2.45, 2.75) is 13.0 Å². The number of aromatic nitrogens is 1. The second-order valence-electron chi connectivity index (χ2n) is 4.18. The van der Waals surface area contributed by atoms with Crippen LogP contribution in [0.15, 0.2) is 30.3 Å². The smallest absolute Gasteiger partial charge is 0.146 e. The zero-order valence-electron chi connectivity index (χ0n) is 10.1. The second kappa shape index (κ2) is 6.23. The summed E-state index contributed by atoms with van der Waals surface area (Å²) in [4.78, 5) is 4.54. The minimum atomic E-state index is 0.